The van der Waals surface area contributed by atoms with E-state index in [4.69, 9.17) is 0 Å². The monoisotopic (exact) mass is 215 g/mol. The van der Waals surface area contributed by atoms with Crippen LogP contribution in [0.25, 0.3) is 0 Å². The van der Waals surface area contributed by atoms with E-state index in [-0.39, 0.29) is 30.0 Å². The Labute approximate surface area is 87.9 Å². The van der Waals surface area contributed by atoms with Crippen molar-refractivity contribution in [2.24, 2.45) is 0 Å². The maximum Gasteiger partial charge on any atom is 0.148 e. The molecule has 1 aliphatic heterocycles. The molecule has 0 spiro atoms. The zero-order valence-corrected chi connectivity index (χ0v) is 8.31. The predicted molar refractivity (Wildman–Crippen MR) is 54.0 cm³/mol. The molecule has 2 rings (SSSR count). The van der Waals surface area contributed by atoms with Gasteiger partial charge in [0.05, 0.1) is 6.54 Å². The molecule has 1 saturated heterocycles. The third kappa shape index (κ3) is 2.30. The molecule has 1 aliphatic rings. The summed E-state index contributed by atoms with van der Waals surface area (Å²) in [5.41, 5.74) is 0.853. The number of ketones is 1. The van der Waals surface area contributed by atoms with Crippen LogP contribution < -0.4 is 5.32 Å². The number of carbonyl (C=O) groups excluding carboxylic acids is 1. The number of carbonyl (C=O) groups is 1. The van der Waals surface area contributed by atoms with Crippen LogP contribution in [-0.2, 0) is 4.79 Å². The lowest BCUT2D eigenvalue weighted by Crippen LogP contribution is -2.13. The first-order chi connectivity index (χ1) is 6.25. The topological polar surface area (TPSA) is 29.1 Å². The van der Waals surface area contributed by atoms with E-state index in [1.807, 2.05) is 6.07 Å². The molecule has 14 heavy (non-hydrogen) atoms. The van der Waals surface area contributed by atoms with Crippen LogP contribution in [-0.4, -0.2) is 12.3 Å². The fourth-order valence-electron chi connectivity index (χ4n) is 1.57. The molecule has 2 nitrogen and oxygen atoms in total. The Morgan fingerprint density at radius 2 is 2.21 bits per heavy atom. The van der Waals surface area contributed by atoms with Crippen LogP contribution in [0.4, 0.5) is 4.39 Å². The van der Waals surface area contributed by atoms with E-state index >= 15 is 0 Å². The third-order valence-electron chi connectivity index (χ3n) is 2.23. The number of hydrogen-bond acceptors (Lipinski definition) is 2. The second kappa shape index (κ2) is 4.53. The molecule has 0 amide bonds. The molecular formula is C10H11ClFNO. The number of nitrogens with one attached hydrogen (secondary N) is 1. The van der Waals surface area contributed by atoms with Crippen molar-refractivity contribution in [2.75, 3.05) is 6.54 Å². The number of Topliss-reactive ketones (excluding diaryl/α,β-unsaturated/α-hetero) is 1. The van der Waals surface area contributed by atoms with Gasteiger partial charge in [-0.25, -0.2) is 4.39 Å². The van der Waals surface area contributed by atoms with Gasteiger partial charge in [-0.3, -0.25) is 4.79 Å². The Morgan fingerprint density at radius 1 is 1.43 bits per heavy atom. The van der Waals surface area contributed by atoms with Crippen molar-refractivity contribution >= 4 is 18.2 Å². The van der Waals surface area contributed by atoms with Gasteiger partial charge in [-0.05, 0) is 17.7 Å². The third-order valence-corrected chi connectivity index (χ3v) is 2.23. The summed E-state index contributed by atoms with van der Waals surface area (Å²) in [7, 11) is 0. The van der Waals surface area contributed by atoms with E-state index in [1.54, 1.807) is 6.07 Å². The summed E-state index contributed by atoms with van der Waals surface area (Å²) < 4.78 is 12.8. The Morgan fingerprint density at radius 3 is 2.79 bits per heavy atom. The lowest BCUT2D eigenvalue weighted by molar-refractivity contribution is -0.116. The summed E-state index contributed by atoms with van der Waals surface area (Å²) in [6.07, 6.45) is 0.476. The van der Waals surface area contributed by atoms with Crippen LogP contribution in [0, 0.1) is 5.82 Å². The molecular weight excluding hydrogens is 205 g/mol. The van der Waals surface area contributed by atoms with Crippen LogP contribution in [0.1, 0.15) is 18.0 Å². The van der Waals surface area contributed by atoms with Gasteiger partial charge in [0.2, 0.25) is 0 Å². The van der Waals surface area contributed by atoms with E-state index in [2.05, 4.69) is 5.32 Å². The normalized spacial score (nSPS) is 20.6. The Bertz CT molecular complexity index is 343. The van der Waals surface area contributed by atoms with Crippen LogP contribution in [0.2, 0.25) is 0 Å². The second-order valence-corrected chi connectivity index (χ2v) is 3.23. The van der Waals surface area contributed by atoms with Crippen molar-refractivity contribution in [3.63, 3.8) is 0 Å². The van der Waals surface area contributed by atoms with E-state index in [0.717, 1.165) is 5.56 Å². The molecule has 1 N–H and O–H groups in total. The van der Waals surface area contributed by atoms with Gasteiger partial charge in [-0.1, -0.05) is 12.1 Å². The van der Waals surface area contributed by atoms with E-state index in [9.17, 15) is 9.18 Å². The molecule has 0 radical (unpaired) electrons. The zero-order chi connectivity index (χ0) is 9.26. The van der Waals surface area contributed by atoms with E-state index in [0.29, 0.717) is 13.0 Å². The Kier molecular flexibility index (Phi) is 3.61. The van der Waals surface area contributed by atoms with Crippen molar-refractivity contribution in [3.05, 3.63) is 35.6 Å². The molecule has 0 aliphatic carbocycles. The number of hydrogen-bond donors (Lipinski definition) is 1. The van der Waals surface area contributed by atoms with Gasteiger partial charge in [-0.15, -0.1) is 12.4 Å². The van der Waals surface area contributed by atoms with Gasteiger partial charge in [-0.2, -0.15) is 0 Å². The highest BCUT2D eigenvalue weighted by Crippen LogP contribution is 2.21. The number of benzene rings is 1. The summed E-state index contributed by atoms with van der Waals surface area (Å²) in [6, 6.07) is 6.37. The van der Waals surface area contributed by atoms with Crippen molar-refractivity contribution in [1.82, 2.24) is 5.32 Å². The maximum atomic E-state index is 12.8. The van der Waals surface area contributed by atoms with Crippen molar-refractivity contribution in [3.8, 4) is 0 Å². The van der Waals surface area contributed by atoms with Gasteiger partial charge in [0.25, 0.3) is 0 Å². The summed E-state index contributed by atoms with van der Waals surface area (Å²) in [6.45, 7) is 0.404. The molecule has 0 aromatic heterocycles. The largest absolute Gasteiger partial charge is 0.303 e. The summed E-state index contributed by atoms with van der Waals surface area (Å²) in [5, 5.41) is 3.03. The standard InChI is InChI=1S/C10H10FNO.ClH/c11-8-3-1-2-7(4-8)10-5-9(13)6-12-10;/h1-4,10,12H,5-6H2;1H. The average Bonchev–Trinajstić information content (AvgIpc) is 2.52. The molecule has 0 saturated carbocycles. The van der Waals surface area contributed by atoms with Gasteiger partial charge in [0.1, 0.15) is 11.6 Å². The number of rotatable bonds is 1. The quantitative estimate of drug-likeness (QED) is 0.775. The second-order valence-electron chi connectivity index (χ2n) is 3.23. The first-order valence-electron chi connectivity index (χ1n) is 4.26. The van der Waals surface area contributed by atoms with Gasteiger partial charge >= 0.3 is 0 Å². The fraction of sp³-hybridized carbons (Fsp3) is 0.300. The molecule has 0 bridgehead atoms. The Balaban J connectivity index is 0.000000980. The van der Waals surface area contributed by atoms with Crippen LogP contribution in [0.3, 0.4) is 0 Å². The van der Waals surface area contributed by atoms with E-state index in [1.165, 1.54) is 12.1 Å². The zero-order valence-electron chi connectivity index (χ0n) is 7.50. The predicted octanol–water partition coefficient (Wildman–Crippen LogP) is 1.85. The first-order valence-corrected chi connectivity index (χ1v) is 4.26. The highest BCUT2D eigenvalue weighted by Gasteiger charge is 2.22. The minimum Gasteiger partial charge on any atom is -0.303 e. The van der Waals surface area contributed by atoms with Gasteiger partial charge < -0.3 is 5.32 Å². The average molecular weight is 216 g/mol. The lowest BCUT2D eigenvalue weighted by Gasteiger charge is -2.08. The van der Waals surface area contributed by atoms with Crippen molar-refractivity contribution in [1.29, 1.82) is 0 Å². The van der Waals surface area contributed by atoms with Crippen molar-refractivity contribution < 1.29 is 9.18 Å². The maximum absolute atomic E-state index is 12.8. The Hall–Kier alpha value is -0.930. The summed E-state index contributed by atoms with van der Waals surface area (Å²) >= 11 is 0. The van der Waals surface area contributed by atoms with Crippen LogP contribution in [0.5, 0.6) is 0 Å². The van der Waals surface area contributed by atoms with Crippen LogP contribution in [0.15, 0.2) is 24.3 Å². The molecule has 1 aromatic carbocycles. The van der Waals surface area contributed by atoms with Gasteiger partial charge in [0, 0.05) is 12.5 Å². The van der Waals surface area contributed by atoms with Crippen LogP contribution >= 0.6 is 12.4 Å². The van der Waals surface area contributed by atoms with Gasteiger partial charge in [0.15, 0.2) is 0 Å². The molecule has 1 atom stereocenters. The highest BCUT2D eigenvalue weighted by atomic mass is 35.5. The molecule has 1 aromatic rings. The highest BCUT2D eigenvalue weighted by molar-refractivity contribution is 5.85. The SMILES string of the molecule is Cl.O=C1CNC(c2cccc(F)c2)C1. The number of halogens is 2. The molecule has 1 heterocycles. The van der Waals surface area contributed by atoms with Crippen molar-refractivity contribution in [2.45, 2.75) is 12.5 Å². The minimum absolute atomic E-state index is 0. The smallest absolute Gasteiger partial charge is 0.148 e. The van der Waals surface area contributed by atoms with E-state index < -0.39 is 0 Å². The molecule has 4 heteroatoms. The molecule has 76 valence electrons. The molecule has 1 fully saturated rings. The fourth-order valence-corrected chi connectivity index (χ4v) is 1.57. The summed E-state index contributed by atoms with van der Waals surface area (Å²) in [4.78, 5) is 11.0. The summed E-state index contributed by atoms with van der Waals surface area (Å²) in [5.74, 6) is -0.0621. The first kappa shape index (κ1) is 11.1. The molecule has 1 unspecified atom stereocenters. The minimum atomic E-state index is -0.251. The lowest BCUT2D eigenvalue weighted by atomic mass is 10.1.